The van der Waals surface area contributed by atoms with Gasteiger partial charge in [-0.1, -0.05) is 13.8 Å². The molecule has 0 bridgehead atoms. The van der Waals surface area contributed by atoms with Gasteiger partial charge in [0.1, 0.15) is 4.90 Å². The van der Waals surface area contributed by atoms with Crippen molar-refractivity contribution in [2.45, 2.75) is 58.5 Å². The minimum absolute atomic E-state index is 0.0288. The Morgan fingerprint density at radius 3 is 2.48 bits per heavy atom. The lowest BCUT2D eigenvalue weighted by Gasteiger charge is -2.23. The van der Waals surface area contributed by atoms with Crippen LogP contribution in [0.15, 0.2) is 4.90 Å². The smallest absolute Gasteiger partial charge is 0.246 e. The third-order valence-corrected chi connectivity index (χ3v) is 6.14. The van der Waals surface area contributed by atoms with Crippen molar-refractivity contribution in [3.63, 3.8) is 0 Å². The average molecular weight is 316 g/mol. The van der Waals surface area contributed by atoms with E-state index in [1.807, 2.05) is 27.7 Å². The van der Waals surface area contributed by atoms with Crippen LogP contribution < -0.4 is 5.32 Å². The van der Waals surface area contributed by atoms with E-state index in [0.717, 1.165) is 19.5 Å². The average Bonchev–Trinajstić information content (AvgIpc) is 2.72. The number of hydrogen-bond donors (Lipinski definition) is 1. The molecule has 21 heavy (non-hydrogen) atoms. The molecule has 1 atom stereocenters. The fourth-order valence-corrected chi connectivity index (χ4v) is 4.07. The molecule has 1 N–H and O–H groups in total. The molecule has 0 saturated heterocycles. The van der Waals surface area contributed by atoms with Gasteiger partial charge in [0.2, 0.25) is 10.0 Å². The summed E-state index contributed by atoms with van der Waals surface area (Å²) in [4.78, 5) is 0.349. The molecule has 0 saturated carbocycles. The molecule has 1 rings (SSSR count). The Hall–Kier alpha value is -0.920. The maximum atomic E-state index is 12.8. The molecule has 6 nitrogen and oxygen atoms in total. The predicted molar refractivity (Wildman–Crippen MR) is 84.9 cm³/mol. The molecule has 1 heterocycles. The van der Waals surface area contributed by atoms with Gasteiger partial charge in [0, 0.05) is 19.6 Å². The first-order valence-electron chi connectivity index (χ1n) is 7.50. The predicted octanol–water partition coefficient (Wildman–Crippen LogP) is 1.53. The molecule has 1 aromatic rings. The van der Waals surface area contributed by atoms with E-state index in [9.17, 15) is 8.42 Å². The van der Waals surface area contributed by atoms with Crippen LogP contribution in [0.25, 0.3) is 0 Å². The lowest BCUT2D eigenvalue weighted by Crippen LogP contribution is -2.35. The second-order valence-corrected chi connectivity index (χ2v) is 7.29. The van der Waals surface area contributed by atoms with Crippen molar-refractivity contribution < 1.29 is 8.42 Å². The van der Waals surface area contributed by atoms with Crippen LogP contribution in [0.5, 0.6) is 0 Å². The van der Waals surface area contributed by atoms with Crippen LogP contribution in [0, 0.1) is 13.8 Å². The summed E-state index contributed by atoms with van der Waals surface area (Å²) >= 11 is 0. The van der Waals surface area contributed by atoms with Crippen LogP contribution in [-0.4, -0.2) is 48.7 Å². The topological polar surface area (TPSA) is 67.2 Å². The number of hydrogen-bond acceptors (Lipinski definition) is 4. The number of nitrogens with one attached hydrogen (secondary N) is 1. The zero-order valence-electron chi connectivity index (χ0n) is 14.0. The third-order valence-electron chi connectivity index (χ3n) is 3.91. The summed E-state index contributed by atoms with van der Waals surface area (Å²) in [5, 5.41) is 7.61. The standard InChI is InChI=1S/C14H28N4O2S/c1-7-11(3)17(6)21(19,20)14-12(4)16-18(13(14)5)10-9-15-8-2/h11,15H,7-10H2,1-6H3. The van der Waals surface area contributed by atoms with Gasteiger partial charge in [-0.15, -0.1) is 0 Å². The number of sulfonamides is 1. The number of aryl methyl sites for hydroxylation is 1. The van der Waals surface area contributed by atoms with E-state index in [-0.39, 0.29) is 6.04 Å². The number of likely N-dealkylation sites (N-methyl/N-ethyl adjacent to an activating group) is 1. The molecular formula is C14H28N4O2S. The normalized spacial score (nSPS) is 13.9. The van der Waals surface area contributed by atoms with Crippen molar-refractivity contribution in [2.75, 3.05) is 20.1 Å². The lowest BCUT2D eigenvalue weighted by molar-refractivity contribution is 0.380. The fourth-order valence-electron chi connectivity index (χ4n) is 2.27. The van der Waals surface area contributed by atoms with Crippen molar-refractivity contribution in [2.24, 2.45) is 0 Å². The SMILES string of the molecule is CCNCCn1nc(C)c(S(=O)(=O)N(C)C(C)CC)c1C. The van der Waals surface area contributed by atoms with E-state index in [1.54, 1.807) is 18.7 Å². The van der Waals surface area contributed by atoms with Crippen LogP contribution in [-0.2, 0) is 16.6 Å². The van der Waals surface area contributed by atoms with Gasteiger partial charge in [0.15, 0.2) is 0 Å². The van der Waals surface area contributed by atoms with E-state index in [4.69, 9.17) is 0 Å². The fraction of sp³-hybridized carbons (Fsp3) is 0.786. The van der Waals surface area contributed by atoms with Crippen molar-refractivity contribution >= 4 is 10.0 Å². The van der Waals surface area contributed by atoms with Gasteiger partial charge in [0.25, 0.3) is 0 Å². The monoisotopic (exact) mass is 316 g/mol. The van der Waals surface area contributed by atoms with Crippen LogP contribution in [0.2, 0.25) is 0 Å². The highest BCUT2D eigenvalue weighted by Gasteiger charge is 2.30. The first-order valence-corrected chi connectivity index (χ1v) is 8.94. The molecule has 0 spiro atoms. The molecule has 1 unspecified atom stereocenters. The molecule has 0 aliphatic heterocycles. The summed E-state index contributed by atoms with van der Waals surface area (Å²) in [5.41, 5.74) is 1.28. The minimum Gasteiger partial charge on any atom is -0.315 e. The lowest BCUT2D eigenvalue weighted by atomic mass is 10.3. The van der Waals surface area contributed by atoms with Crippen molar-refractivity contribution in [3.05, 3.63) is 11.4 Å². The quantitative estimate of drug-likeness (QED) is 0.739. The Kier molecular flexibility index (Phi) is 6.37. The second-order valence-electron chi connectivity index (χ2n) is 5.36. The highest BCUT2D eigenvalue weighted by Crippen LogP contribution is 2.24. The first-order chi connectivity index (χ1) is 9.77. The number of nitrogens with zero attached hydrogens (tertiary/aromatic N) is 3. The highest BCUT2D eigenvalue weighted by molar-refractivity contribution is 7.89. The van der Waals surface area contributed by atoms with Crippen molar-refractivity contribution in [3.8, 4) is 0 Å². The summed E-state index contributed by atoms with van der Waals surface area (Å²) in [6, 6.07) is -0.0288. The Balaban J connectivity index is 3.13. The van der Waals surface area contributed by atoms with E-state index in [2.05, 4.69) is 10.4 Å². The van der Waals surface area contributed by atoms with Gasteiger partial charge in [0.05, 0.1) is 17.9 Å². The van der Waals surface area contributed by atoms with Gasteiger partial charge in [-0.25, -0.2) is 8.42 Å². The molecule has 0 aliphatic carbocycles. The molecule has 1 aromatic heterocycles. The van der Waals surface area contributed by atoms with Gasteiger partial charge >= 0.3 is 0 Å². The Morgan fingerprint density at radius 1 is 1.33 bits per heavy atom. The number of rotatable bonds is 8. The zero-order chi connectivity index (χ0) is 16.2. The molecule has 0 fully saturated rings. The second kappa shape index (κ2) is 7.38. The molecule has 0 aromatic carbocycles. The molecule has 0 aliphatic rings. The summed E-state index contributed by atoms with van der Waals surface area (Å²) in [6.07, 6.45) is 0.780. The Morgan fingerprint density at radius 2 is 1.95 bits per heavy atom. The van der Waals surface area contributed by atoms with Gasteiger partial charge in [-0.3, -0.25) is 4.68 Å². The van der Waals surface area contributed by atoms with Crippen LogP contribution in [0.3, 0.4) is 0 Å². The van der Waals surface area contributed by atoms with E-state index in [0.29, 0.717) is 22.8 Å². The third kappa shape index (κ3) is 3.84. The zero-order valence-corrected chi connectivity index (χ0v) is 14.8. The van der Waals surface area contributed by atoms with Gasteiger partial charge in [-0.05, 0) is 33.7 Å². The Labute approximate surface area is 128 Å². The summed E-state index contributed by atoms with van der Waals surface area (Å²) in [7, 11) is -1.85. The molecule has 0 amide bonds. The van der Waals surface area contributed by atoms with E-state index < -0.39 is 10.0 Å². The van der Waals surface area contributed by atoms with Crippen molar-refractivity contribution in [1.29, 1.82) is 0 Å². The molecule has 122 valence electrons. The molecule has 7 heteroatoms. The summed E-state index contributed by atoms with van der Waals surface area (Å²) < 4.78 is 28.8. The first kappa shape index (κ1) is 18.1. The molecular weight excluding hydrogens is 288 g/mol. The maximum absolute atomic E-state index is 12.8. The minimum atomic E-state index is -3.49. The summed E-state index contributed by atoms with van der Waals surface area (Å²) in [5.74, 6) is 0. The largest absolute Gasteiger partial charge is 0.315 e. The van der Waals surface area contributed by atoms with Crippen molar-refractivity contribution in [1.82, 2.24) is 19.4 Å². The maximum Gasteiger partial charge on any atom is 0.246 e. The molecule has 0 radical (unpaired) electrons. The van der Waals surface area contributed by atoms with Crippen LogP contribution in [0.4, 0.5) is 0 Å². The summed E-state index contributed by atoms with van der Waals surface area (Å²) in [6.45, 7) is 11.9. The van der Waals surface area contributed by atoms with Gasteiger partial charge < -0.3 is 5.32 Å². The van der Waals surface area contributed by atoms with E-state index >= 15 is 0 Å². The highest BCUT2D eigenvalue weighted by atomic mass is 32.2. The number of aromatic nitrogens is 2. The van der Waals surface area contributed by atoms with E-state index in [1.165, 1.54) is 4.31 Å². The van der Waals surface area contributed by atoms with Crippen LogP contribution in [0.1, 0.15) is 38.6 Å². The van der Waals surface area contributed by atoms with Crippen LogP contribution >= 0.6 is 0 Å². The van der Waals surface area contributed by atoms with Gasteiger partial charge in [-0.2, -0.15) is 9.40 Å². The Bertz CT molecular complexity index is 566.